The van der Waals surface area contributed by atoms with Crippen LogP contribution >= 0.6 is 0 Å². The molecule has 16 heavy (non-hydrogen) atoms. The zero-order valence-electron chi connectivity index (χ0n) is 9.90. The molecule has 1 saturated heterocycles. The van der Waals surface area contributed by atoms with Gasteiger partial charge in [0.1, 0.15) is 0 Å². The Morgan fingerprint density at radius 1 is 1.19 bits per heavy atom. The average molecular weight is 218 g/mol. The van der Waals surface area contributed by atoms with Crippen LogP contribution in [0.4, 0.5) is 0 Å². The van der Waals surface area contributed by atoms with Gasteiger partial charge in [-0.05, 0) is 18.9 Å². The third-order valence-corrected chi connectivity index (χ3v) is 4.29. The molecule has 1 aromatic carbocycles. The fourth-order valence-electron chi connectivity index (χ4n) is 3.43. The normalized spacial score (nSPS) is 35.5. The molecule has 3 rings (SSSR count). The summed E-state index contributed by atoms with van der Waals surface area (Å²) in [6, 6.07) is 10.6. The van der Waals surface area contributed by atoms with Crippen LogP contribution in [0, 0.1) is 5.92 Å². The Kier molecular flexibility index (Phi) is 2.13. The Morgan fingerprint density at radius 3 is 2.38 bits per heavy atom. The highest BCUT2D eigenvalue weighted by molar-refractivity contribution is 5.40. The van der Waals surface area contributed by atoms with Gasteiger partial charge in [0, 0.05) is 5.92 Å². The zero-order valence-corrected chi connectivity index (χ0v) is 9.90. The lowest BCUT2D eigenvalue weighted by atomic mass is 9.94. The molecular formula is C14H18O2. The van der Waals surface area contributed by atoms with Crippen molar-refractivity contribution in [3.63, 3.8) is 0 Å². The summed E-state index contributed by atoms with van der Waals surface area (Å²) in [6.45, 7) is 5.95. The van der Waals surface area contributed by atoms with Gasteiger partial charge in [-0.1, -0.05) is 37.3 Å². The molecule has 2 unspecified atom stereocenters. The summed E-state index contributed by atoms with van der Waals surface area (Å²) >= 11 is 0. The molecule has 1 aliphatic heterocycles. The van der Waals surface area contributed by atoms with Gasteiger partial charge in [0.2, 0.25) is 0 Å². The molecule has 0 amide bonds. The molecule has 2 fully saturated rings. The van der Waals surface area contributed by atoms with Crippen molar-refractivity contribution in [2.45, 2.75) is 31.5 Å². The molecule has 2 heteroatoms. The highest BCUT2D eigenvalue weighted by Crippen LogP contribution is 2.68. The SMILES string of the molecule is CCC1C2(OCCO2)C1(C)c1ccccc1. The number of rotatable bonds is 2. The maximum atomic E-state index is 5.90. The minimum atomic E-state index is -0.330. The van der Waals surface area contributed by atoms with Gasteiger partial charge in [-0.2, -0.15) is 0 Å². The Balaban J connectivity index is 2.00. The summed E-state index contributed by atoms with van der Waals surface area (Å²) in [6.07, 6.45) is 1.10. The van der Waals surface area contributed by atoms with Crippen molar-refractivity contribution in [3.8, 4) is 0 Å². The van der Waals surface area contributed by atoms with Gasteiger partial charge in [-0.3, -0.25) is 0 Å². The van der Waals surface area contributed by atoms with E-state index in [1.165, 1.54) is 5.56 Å². The largest absolute Gasteiger partial charge is 0.346 e. The summed E-state index contributed by atoms with van der Waals surface area (Å²) in [4.78, 5) is 0. The molecule has 1 saturated carbocycles. The van der Waals surface area contributed by atoms with E-state index in [9.17, 15) is 0 Å². The predicted molar refractivity (Wildman–Crippen MR) is 62.2 cm³/mol. The van der Waals surface area contributed by atoms with Crippen molar-refractivity contribution in [2.24, 2.45) is 5.92 Å². The molecule has 0 N–H and O–H groups in total. The van der Waals surface area contributed by atoms with Gasteiger partial charge in [0.25, 0.3) is 0 Å². The fourth-order valence-corrected chi connectivity index (χ4v) is 3.43. The Bertz CT molecular complexity index is 381. The van der Waals surface area contributed by atoms with E-state index < -0.39 is 0 Å². The first kappa shape index (κ1) is 10.3. The minimum absolute atomic E-state index is 0.0412. The maximum absolute atomic E-state index is 5.90. The van der Waals surface area contributed by atoms with Crippen molar-refractivity contribution >= 4 is 0 Å². The van der Waals surface area contributed by atoms with E-state index in [-0.39, 0.29) is 11.2 Å². The monoisotopic (exact) mass is 218 g/mol. The second kappa shape index (κ2) is 3.31. The molecule has 1 aliphatic carbocycles. The summed E-state index contributed by atoms with van der Waals surface area (Å²) in [5, 5.41) is 0. The average Bonchev–Trinajstić information content (AvgIpc) is 2.69. The third-order valence-electron chi connectivity index (χ3n) is 4.29. The van der Waals surface area contributed by atoms with Crippen LogP contribution in [0.5, 0.6) is 0 Å². The van der Waals surface area contributed by atoms with Crippen LogP contribution in [0.2, 0.25) is 0 Å². The van der Waals surface area contributed by atoms with E-state index in [0.717, 1.165) is 19.6 Å². The highest BCUT2D eigenvalue weighted by atomic mass is 16.8. The van der Waals surface area contributed by atoms with Gasteiger partial charge < -0.3 is 9.47 Å². The van der Waals surface area contributed by atoms with E-state index >= 15 is 0 Å². The van der Waals surface area contributed by atoms with Gasteiger partial charge in [0.05, 0.1) is 18.6 Å². The summed E-state index contributed by atoms with van der Waals surface area (Å²) in [7, 11) is 0. The first-order chi connectivity index (χ1) is 7.75. The second-order valence-corrected chi connectivity index (χ2v) is 4.89. The zero-order chi connectivity index (χ0) is 11.2. The Labute approximate surface area is 96.6 Å². The van der Waals surface area contributed by atoms with Crippen LogP contribution in [0.3, 0.4) is 0 Å². The first-order valence-corrected chi connectivity index (χ1v) is 6.09. The topological polar surface area (TPSA) is 18.5 Å². The van der Waals surface area contributed by atoms with Crippen molar-refractivity contribution in [1.82, 2.24) is 0 Å². The van der Waals surface area contributed by atoms with Crippen LogP contribution in [0.25, 0.3) is 0 Å². The molecule has 2 nitrogen and oxygen atoms in total. The lowest BCUT2D eigenvalue weighted by Gasteiger charge is -2.16. The van der Waals surface area contributed by atoms with Crippen LogP contribution < -0.4 is 0 Å². The minimum Gasteiger partial charge on any atom is -0.346 e. The molecular weight excluding hydrogens is 200 g/mol. The van der Waals surface area contributed by atoms with Crippen molar-refractivity contribution in [3.05, 3.63) is 35.9 Å². The molecule has 0 bridgehead atoms. The van der Waals surface area contributed by atoms with Crippen molar-refractivity contribution in [2.75, 3.05) is 13.2 Å². The van der Waals surface area contributed by atoms with Crippen molar-refractivity contribution in [1.29, 1.82) is 0 Å². The molecule has 2 atom stereocenters. The Hall–Kier alpha value is -0.860. The number of ether oxygens (including phenoxy) is 2. The van der Waals surface area contributed by atoms with E-state index in [2.05, 4.69) is 44.2 Å². The second-order valence-electron chi connectivity index (χ2n) is 4.89. The van der Waals surface area contributed by atoms with Crippen LogP contribution in [0.1, 0.15) is 25.8 Å². The summed E-state index contributed by atoms with van der Waals surface area (Å²) in [5.74, 6) is 0.160. The highest BCUT2D eigenvalue weighted by Gasteiger charge is 2.77. The van der Waals surface area contributed by atoms with E-state index in [1.54, 1.807) is 0 Å². The quantitative estimate of drug-likeness (QED) is 0.760. The molecule has 0 radical (unpaired) electrons. The van der Waals surface area contributed by atoms with Crippen LogP contribution in [0.15, 0.2) is 30.3 Å². The number of hydrogen-bond donors (Lipinski definition) is 0. The lowest BCUT2D eigenvalue weighted by molar-refractivity contribution is -0.0965. The first-order valence-electron chi connectivity index (χ1n) is 6.09. The number of hydrogen-bond acceptors (Lipinski definition) is 2. The fraction of sp³-hybridized carbons (Fsp3) is 0.571. The lowest BCUT2D eigenvalue weighted by Crippen LogP contribution is -2.22. The van der Waals surface area contributed by atoms with E-state index in [0.29, 0.717) is 5.92 Å². The van der Waals surface area contributed by atoms with Crippen LogP contribution in [-0.2, 0) is 14.9 Å². The Morgan fingerprint density at radius 2 is 1.81 bits per heavy atom. The summed E-state index contributed by atoms with van der Waals surface area (Å²) in [5.41, 5.74) is 1.38. The molecule has 1 spiro atoms. The standard InChI is InChI=1S/C14H18O2/c1-3-12-13(2,11-7-5-4-6-8-11)14(12)15-9-10-16-14/h4-8,12H,3,9-10H2,1-2H3. The van der Waals surface area contributed by atoms with Gasteiger partial charge in [-0.15, -0.1) is 0 Å². The van der Waals surface area contributed by atoms with Gasteiger partial charge in [0.15, 0.2) is 5.79 Å². The predicted octanol–water partition coefficient (Wildman–Crippen LogP) is 2.73. The van der Waals surface area contributed by atoms with Gasteiger partial charge in [-0.25, -0.2) is 0 Å². The molecule has 86 valence electrons. The van der Waals surface area contributed by atoms with E-state index in [1.807, 2.05) is 0 Å². The van der Waals surface area contributed by atoms with Gasteiger partial charge >= 0.3 is 0 Å². The van der Waals surface area contributed by atoms with Crippen molar-refractivity contribution < 1.29 is 9.47 Å². The molecule has 0 aromatic heterocycles. The molecule has 1 heterocycles. The maximum Gasteiger partial charge on any atom is 0.182 e. The smallest absolute Gasteiger partial charge is 0.182 e. The third kappa shape index (κ3) is 1.04. The molecule has 2 aliphatic rings. The van der Waals surface area contributed by atoms with E-state index in [4.69, 9.17) is 9.47 Å². The number of benzene rings is 1. The van der Waals surface area contributed by atoms with Crippen LogP contribution in [-0.4, -0.2) is 19.0 Å². The summed E-state index contributed by atoms with van der Waals surface area (Å²) < 4.78 is 11.8. The molecule has 1 aromatic rings.